The van der Waals surface area contributed by atoms with Gasteiger partial charge in [0.25, 0.3) is 5.91 Å². The molecule has 8 heteroatoms. The molecule has 0 aromatic heterocycles. The Kier molecular flexibility index (Phi) is 4.84. The maximum absolute atomic E-state index is 12.8. The Morgan fingerprint density at radius 3 is 2.41 bits per heavy atom. The first-order chi connectivity index (χ1) is 12.8. The van der Waals surface area contributed by atoms with Crippen molar-refractivity contribution in [1.82, 2.24) is 10.2 Å². The van der Waals surface area contributed by atoms with Crippen molar-refractivity contribution >= 4 is 35.1 Å². The average Bonchev–Trinajstić information content (AvgIpc) is 2.88. The third-order valence-corrected chi connectivity index (χ3v) is 4.55. The molecule has 0 aliphatic carbocycles. The second kappa shape index (κ2) is 7.09. The van der Waals surface area contributed by atoms with E-state index in [2.05, 4.69) is 10.6 Å². The highest BCUT2D eigenvalue weighted by atomic mass is 35.5. The predicted molar refractivity (Wildman–Crippen MR) is 98.8 cm³/mol. The number of hydrogen-bond donors (Lipinski definition) is 2. The van der Waals surface area contributed by atoms with Crippen molar-refractivity contribution in [3.05, 3.63) is 64.7 Å². The summed E-state index contributed by atoms with van der Waals surface area (Å²) in [5.74, 6) is -1.05. The van der Waals surface area contributed by atoms with Gasteiger partial charge in [0.2, 0.25) is 5.91 Å². The molecule has 4 amide bonds. The number of nitrogens with zero attached hydrogens (tertiary/aromatic N) is 2. The molecule has 136 valence electrons. The zero-order chi connectivity index (χ0) is 19.6. The van der Waals surface area contributed by atoms with Crippen molar-refractivity contribution in [2.24, 2.45) is 0 Å². The van der Waals surface area contributed by atoms with Crippen molar-refractivity contribution in [1.29, 1.82) is 5.26 Å². The Balaban J connectivity index is 1.74. The van der Waals surface area contributed by atoms with E-state index in [1.54, 1.807) is 55.5 Å². The number of hydrogen-bond acceptors (Lipinski definition) is 4. The van der Waals surface area contributed by atoms with Crippen LogP contribution in [0.5, 0.6) is 0 Å². The molecular formula is C19H15ClN4O3. The van der Waals surface area contributed by atoms with Gasteiger partial charge >= 0.3 is 6.03 Å². The van der Waals surface area contributed by atoms with Gasteiger partial charge in [-0.05, 0) is 48.9 Å². The molecule has 0 spiro atoms. The zero-order valence-electron chi connectivity index (χ0n) is 14.3. The van der Waals surface area contributed by atoms with Gasteiger partial charge in [-0.15, -0.1) is 0 Å². The first-order valence-corrected chi connectivity index (χ1v) is 8.41. The zero-order valence-corrected chi connectivity index (χ0v) is 15.1. The minimum Gasteiger partial charge on any atom is -0.325 e. The SMILES string of the molecule is C[C@]1(c2ccc(C#N)cc2)NC(=O)N(CC(=O)Nc2ccc(Cl)cc2)C1=O. The molecule has 1 saturated heterocycles. The smallest absolute Gasteiger partial charge is 0.325 e. The Hall–Kier alpha value is -3.37. The van der Waals surface area contributed by atoms with Gasteiger partial charge in [0.15, 0.2) is 0 Å². The fourth-order valence-electron chi connectivity index (χ4n) is 2.79. The van der Waals surface area contributed by atoms with Gasteiger partial charge in [-0.1, -0.05) is 23.7 Å². The highest BCUT2D eigenvalue weighted by Gasteiger charge is 2.49. The van der Waals surface area contributed by atoms with E-state index in [9.17, 15) is 14.4 Å². The van der Waals surface area contributed by atoms with Crippen LogP contribution in [0.3, 0.4) is 0 Å². The Bertz CT molecular complexity index is 950. The normalized spacial score (nSPS) is 18.8. The van der Waals surface area contributed by atoms with Crippen molar-refractivity contribution in [3.63, 3.8) is 0 Å². The minimum absolute atomic E-state index is 0.417. The van der Waals surface area contributed by atoms with Crippen molar-refractivity contribution in [3.8, 4) is 6.07 Å². The number of halogens is 1. The molecule has 0 saturated carbocycles. The summed E-state index contributed by atoms with van der Waals surface area (Å²) < 4.78 is 0. The van der Waals surface area contributed by atoms with Crippen LogP contribution in [-0.4, -0.2) is 29.3 Å². The molecule has 0 unspecified atom stereocenters. The highest BCUT2D eigenvalue weighted by molar-refractivity contribution is 6.30. The van der Waals surface area contributed by atoms with Gasteiger partial charge in [0.1, 0.15) is 12.1 Å². The monoisotopic (exact) mass is 382 g/mol. The van der Waals surface area contributed by atoms with Gasteiger partial charge in [0, 0.05) is 10.7 Å². The van der Waals surface area contributed by atoms with E-state index in [-0.39, 0.29) is 0 Å². The molecule has 2 aromatic rings. The van der Waals surface area contributed by atoms with Crippen LogP contribution in [0.25, 0.3) is 0 Å². The van der Waals surface area contributed by atoms with Crippen LogP contribution in [0, 0.1) is 11.3 Å². The maximum Gasteiger partial charge on any atom is 0.325 e. The largest absolute Gasteiger partial charge is 0.325 e. The number of urea groups is 1. The first-order valence-electron chi connectivity index (χ1n) is 8.03. The van der Waals surface area contributed by atoms with Gasteiger partial charge in [-0.2, -0.15) is 5.26 Å². The van der Waals surface area contributed by atoms with Gasteiger partial charge in [-0.25, -0.2) is 4.79 Å². The predicted octanol–water partition coefficient (Wildman–Crippen LogP) is 2.62. The fraction of sp³-hybridized carbons (Fsp3) is 0.158. The maximum atomic E-state index is 12.8. The second-order valence-electron chi connectivity index (χ2n) is 6.19. The molecule has 0 bridgehead atoms. The summed E-state index contributed by atoms with van der Waals surface area (Å²) in [5.41, 5.74) is 0.177. The fourth-order valence-corrected chi connectivity index (χ4v) is 2.92. The molecule has 7 nitrogen and oxygen atoms in total. The van der Waals surface area contributed by atoms with Crippen molar-refractivity contribution < 1.29 is 14.4 Å². The van der Waals surface area contributed by atoms with Crippen LogP contribution in [0.2, 0.25) is 5.02 Å². The number of nitrogens with one attached hydrogen (secondary N) is 2. The van der Waals surface area contributed by atoms with Crippen LogP contribution in [0.15, 0.2) is 48.5 Å². The van der Waals surface area contributed by atoms with E-state index in [0.717, 1.165) is 4.90 Å². The van der Waals surface area contributed by atoms with Crippen molar-refractivity contribution in [2.45, 2.75) is 12.5 Å². The number of anilines is 1. The molecule has 1 aliphatic heterocycles. The summed E-state index contributed by atoms with van der Waals surface area (Å²) in [4.78, 5) is 38.2. The quantitative estimate of drug-likeness (QED) is 0.793. The first kappa shape index (κ1) is 18.4. The van der Waals surface area contributed by atoms with Crippen LogP contribution in [0.4, 0.5) is 10.5 Å². The molecular weight excluding hydrogens is 368 g/mol. The summed E-state index contributed by atoms with van der Waals surface area (Å²) in [6.07, 6.45) is 0. The number of imide groups is 1. The molecule has 1 heterocycles. The number of carbonyl (C=O) groups excluding carboxylic acids is 3. The molecule has 3 rings (SSSR count). The van der Waals surface area contributed by atoms with Gasteiger partial charge < -0.3 is 10.6 Å². The average molecular weight is 383 g/mol. The lowest BCUT2D eigenvalue weighted by Gasteiger charge is -2.22. The van der Waals surface area contributed by atoms with E-state index < -0.39 is 29.9 Å². The lowest BCUT2D eigenvalue weighted by Crippen LogP contribution is -2.42. The lowest BCUT2D eigenvalue weighted by molar-refractivity contribution is -0.133. The van der Waals surface area contributed by atoms with Crippen LogP contribution >= 0.6 is 11.6 Å². The summed E-state index contributed by atoms with van der Waals surface area (Å²) >= 11 is 5.80. The number of nitriles is 1. The van der Waals surface area contributed by atoms with E-state index in [4.69, 9.17) is 16.9 Å². The summed E-state index contributed by atoms with van der Waals surface area (Å²) in [5, 5.41) is 14.6. The summed E-state index contributed by atoms with van der Waals surface area (Å²) in [6, 6.07) is 14.2. The summed E-state index contributed by atoms with van der Waals surface area (Å²) in [6.45, 7) is 1.14. The number of rotatable bonds is 4. The van der Waals surface area contributed by atoms with Crippen LogP contribution < -0.4 is 10.6 Å². The van der Waals surface area contributed by atoms with E-state index in [1.807, 2.05) is 6.07 Å². The topological polar surface area (TPSA) is 102 Å². The molecule has 2 N–H and O–H groups in total. The molecule has 1 atom stereocenters. The van der Waals surface area contributed by atoms with E-state index in [0.29, 0.717) is 21.8 Å². The Morgan fingerprint density at radius 1 is 1.19 bits per heavy atom. The third-order valence-electron chi connectivity index (χ3n) is 4.30. The van der Waals surface area contributed by atoms with Crippen LogP contribution in [0.1, 0.15) is 18.1 Å². The highest BCUT2D eigenvalue weighted by Crippen LogP contribution is 2.29. The number of benzene rings is 2. The molecule has 0 radical (unpaired) electrons. The van der Waals surface area contributed by atoms with E-state index >= 15 is 0 Å². The Labute approximate surface area is 160 Å². The lowest BCUT2D eigenvalue weighted by atomic mass is 9.91. The van der Waals surface area contributed by atoms with E-state index in [1.165, 1.54) is 0 Å². The van der Waals surface area contributed by atoms with Crippen molar-refractivity contribution in [2.75, 3.05) is 11.9 Å². The Morgan fingerprint density at radius 2 is 1.81 bits per heavy atom. The van der Waals surface area contributed by atoms with Gasteiger partial charge in [-0.3, -0.25) is 14.5 Å². The standard InChI is InChI=1S/C19H15ClN4O3/c1-19(13-4-2-12(10-21)3-5-13)17(26)24(18(27)23-19)11-16(25)22-15-8-6-14(20)7-9-15/h2-9H,11H2,1H3,(H,22,25)(H,23,27)/t19-/m1/s1. The van der Waals surface area contributed by atoms with Gasteiger partial charge in [0.05, 0.1) is 11.6 Å². The number of amides is 4. The summed E-state index contributed by atoms with van der Waals surface area (Å²) in [7, 11) is 0. The number of carbonyl (C=O) groups is 3. The molecule has 2 aromatic carbocycles. The molecule has 1 aliphatic rings. The second-order valence-corrected chi connectivity index (χ2v) is 6.63. The third kappa shape index (κ3) is 3.61. The van der Waals surface area contributed by atoms with Crippen LogP contribution in [-0.2, 0) is 15.1 Å². The molecule has 1 fully saturated rings. The minimum atomic E-state index is -1.30. The molecule has 27 heavy (non-hydrogen) atoms.